The summed E-state index contributed by atoms with van der Waals surface area (Å²) >= 11 is 3.42. The Labute approximate surface area is 132 Å². The van der Waals surface area contributed by atoms with Crippen LogP contribution in [0.15, 0.2) is 22.7 Å². The highest BCUT2D eigenvalue weighted by Gasteiger charge is 2.32. The van der Waals surface area contributed by atoms with E-state index in [9.17, 15) is 9.59 Å². The molecule has 0 spiro atoms. The van der Waals surface area contributed by atoms with Crippen LogP contribution in [0.3, 0.4) is 0 Å². The number of methoxy groups -OCH3 is 1. The van der Waals surface area contributed by atoms with Crippen molar-refractivity contribution in [3.8, 4) is 5.75 Å². The predicted octanol–water partition coefficient (Wildman–Crippen LogP) is 2.08. The first-order valence-electron chi connectivity index (χ1n) is 6.95. The fourth-order valence-corrected chi connectivity index (χ4v) is 2.88. The number of carbonyl (C=O) groups excluding carboxylic acids is 2. The fraction of sp³-hybridized carbons (Fsp3) is 0.467. The van der Waals surface area contributed by atoms with Gasteiger partial charge in [-0.1, -0.05) is 29.3 Å². The van der Waals surface area contributed by atoms with Gasteiger partial charge in [-0.15, -0.1) is 0 Å². The summed E-state index contributed by atoms with van der Waals surface area (Å²) in [6.45, 7) is 2.46. The summed E-state index contributed by atoms with van der Waals surface area (Å²) < 4.78 is 6.23. The molecule has 2 rings (SSSR count). The van der Waals surface area contributed by atoms with Crippen LogP contribution in [0, 0.1) is 0 Å². The van der Waals surface area contributed by atoms with Gasteiger partial charge in [0.2, 0.25) is 11.8 Å². The Balaban J connectivity index is 2.19. The maximum absolute atomic E-state index is 12.4. The van der Waals surface area contributed by atoms with Crippen molar-refractivity contribution in [3.63, 3.8) is 0 Å². The molecule has 0 radical (unpaired) electrons. The number of amides is 2. The lowest BCUT2D eigenvalue weighted by Crippen LogP contribution is -2.57. The molecule has 1 aromatic carbocycles. The Kier molecular flexibility index (Phi) is 5.22. The molecule has 1 aliphatic heterocycles. The molecule has 114 valence electrons. The first kappa shape index (κ1) is 15.8. The van der Waals surface area contributed by atoms with Crippen molar-refractivity contribution < 1.29 is 14.3 Å². The molecule has 1 saturated heterocycles. The van der Waals surface area contributed by atoms with Crippen LogP contribution >= 0.6 is 15.9 Å². The molecule has 0 aromatic heterocycles. The van der Waals surface area contributed by atoms with Crippen LogP contribution in [0.25, 0.3) is 0 Å². The third kappa shape index (κ3) is 3.75. The number of ether oxygens (including phenoxy) is 1. The fourth-order valence-electron chi connectivity index (χ4n) is 2.47. The smallest absolute Gasteiger partial charge is 0.245 e. The molecule has 1 N–H and O–H groups in total. The number of nitrogens with zero attached hydrogens (tertiary/aromatic N) is 1. The van der Waals surface area contributed by atoms with E-state index in [2.05, 4.69) is 21.2 Å². The average molecular weight is 355 g/mol. The van der Waals surface area contributed by atoms with Gasteiger partial charge in [-0.25, -0.2) is 0 Å². The molecule has 1 fully saturated rings. The van der Waals surface area contributed by atoms with E-state index in [-0.39, 0.29) is 18.4 Å². The summed E-state index contributed by atoms with van der Waals surface area (Å²) in [4.78, 5) is 25.8. The van der Waals surface area contributed by atoms with Crippen LogP contribution < -0.4 is 10.1 Å². The highest BCUT2D eigenvalue weighted by molar-refractivity contribution is 9.10. The number of hydrogen-bond acceptors (Lipinski definition) is 3. The molecule has 1 aliphatic rings. The number of hydrogen-bond donors (Lipinski definition) is 1. The maximum Gasteiger partial charge on any atom is 0.245 e. The summed E-state index contributed by atoms with van der Waals surface area (Å²) in [5.41, 5.74) is 0.880. The number of benzene rings is 1. The minimum Gasteiger partial charge on any atom is -0.496 e. The molecule has 6 heteroatoms. The van der Waals surface area contributed by atoms with Crippen molar-refractivity contribution in [3.05, 3.63) is 28.2 Å². The molecule has 0 aliphatic carbocycles. The van der Waals surface area contributed by atoms with Crippen LogP contribution in [-0.2, 0) is 16.1 Å². The van der Waals surface area contributed by atoms with Gasteiger partial charge >= 0.3 is 0 Å². The van der Waals surface area contributed by atoms with Crippen molar-refractivity contribution in [1.82, 2.24) is 10.2 Å². The minimum atomic E-state index is -0.408. The van der Waals surface area contributed by atoms with Gasteiger partial charge in [0.1, 0.15) is 11.8 Å². The van der Waals surface area contributed by atoms with Gasteiger partial charge in [-0.2, -0.15) is 0 Å². The Morgan fingerprint density at radius 3 is 2.86 bits per heavy atom. The minimum absolute atomic E-state index is 0.0292. The van der Waals surface area contributed by atoms with Crippen LogP contribution in [0.4, 0.5) is 0 Å². The molecule has 2 amide bonds. The van der Waals surface area contributed by atoms with E-state index in [1.807, 2.05) is 25.1 Å². The first-order chi connectivity index (χ1) is 10.0. The Morgan fingerprint density at radius 2 is 2.19 bits per heavy atom. The normalized spacial score (nSPS) is 18.6. The Bertz CT molecular complexity index is 548. The van der Waals surface area contributed by atoms with Crippen molar-refractivity contribution >= 4 is 27.7 Å². The van der Waals surface area contributed by atoms with Crippen molar-refractivity contribution in [1.29, 1.82) is 0 Å². The monoisotopic (exact) mass is 354 g/mol. The lowest BCUT2D eigenvalue weighted by atomic mass is 10.1. The topological polar surface area (TPSA) is 58.6 Å². The zero-order chi connectivity index (χ0) is 15.4. The predicted molar refractivity (Wildman–Crippen MR) is 82.9 cm³/mol. The lowest BCUT2D eigenvalue weighted by Gasteiger charge is -2.32. The number of piperazine rings is 1. The summed E-state index contributed by atoms with van der Waals surface area (Å²) in [6.07, 6.45) is 1.52. The molecule has 1 heterocycles. The second kappa shape index (κ2) is 6.93. The lowest BCUT2D eigenvalue weighted by molar-refractivity contribution is -0.145. The number of rotatable bonds is 5. The Morgan fingerprint density at radius 1 is 1.43 bits per heavy atom. The number of halogens is 1. The largest absolute Gasteiger partial charge is 0.496 e. The standard InChI is InChI=1S/C15H19BrN2O3/c1-3-4-12-15(20)18(9-14(19)17-12)8-10-7-11(16)5-6-13(10)21-2/h5-7,12H,3-4,8-9H2,1-2H3,(H,17,19). The van der Waals surface area contributed by atoms with Crippen LogP contribution in [-0.4, -0.2) is 36.4 Å². The first-order valence-corrected chi connectivity index (χ1v) is 7.75. The molecule has 1 unspecified atom stereocenters. The van der Waals surface area contributed by atoms with E-state index in [4.69, 9.17) is 4.74 Å². The summed E-state index contributed by atoms with van der Waals surface area (Å²) in [6, 6.07) is 5.23. The van der Waals surface area contributed by atoms with Gasteiger partial charge in [0, 0.05) is 16.6 Å². The van der Waals surface area contributed by atoms with Gasteiger partial charge in [-0.05, 0) is 24.6 Å². The molecule has 21 heavy (non-hydrogen) atoms. The van der Waals surface area contributed by atoms with Gasteiger partial charge in [0.05, 0.1) is 13.7 Å². The van der Waals surface area contributed by atoms with E-state index in [0.29, 0.717) is 18.7 Å². The molecule has 1 aromatic rings. The van der Waals surface area contributed by atoms with Crippen LogP contribution in [0.5, 0.6) is 5.75 Å². The van der Waals surface area contributed by atoms with E-state index in [1.165, 1.54) is 0 Å². The van der Waals surface area contributed by atoms with Gasteiger partial charge in [0.15, 0.2) is 0 Å². The molecular weight excluding hydrogens is 336 g/mol. The summed E-state index contributed by atoms with van der Waals surface area (Å²) in [7, 11) is 1.59. The quantitative estimate of drug-likeness (QED) is 0.880. The van der Waals surface area contributed by atoms with Gasteiger partial charge in [0.25, 0.3) is 0 Å². The highest BCUT2D eigenvalue weighted by atomic mass is 79.9. The zero-order valence-electron chi connectivity index (χ0n) is 12.2. The van der Waals surface area contributed by atoms with Crippen molar-refractivity contribution in [2.75, 3.05) is 13.7 Å². The summed E-state index contributed by atoms with van der Waals surface area (Å²) in [5.74, 6) is 0.574. The SMILES string of the molecule is CCCC1NC(=O)CN(Cc2cc(Br)ccc2OC)C1=O. The number of carbonyl (C=O) groups is 2. The zero-order valence-corrected chi connectivity index (χ0v) is 13.8. The molecule has 5 nitrogen and oxygen atoms in total. The second-order valence-corrected chi connectivity index (χ2v) is 5.97. The van der Waals surface area contributed by atoms with Crippen molar-refractivity contribution in [2.45, 2.75) is 32.4 Å². The molecule has 1 atom stereocenters. The van der Waals surface area contributed by atoms with E-state index in [0.717, 1.165) is 16.5 Å². The van der Waals surface area contributed by atoms with E-state index < -0.39 is 6.04 Å². The van der Waals surface area contributed by atoms with Gasteiger partial charge < -0.3 is 15.0 Å². The van der Waals surface area contributed by atoms with Crippen LogP contribution in [0.1, 0.15) is 25.3 Å². The van der Waals surface area contributed by atoms with E-state index >= 15 is 0 Å². The highest BCUT2D eigenvalue weighted by Crippen LogP contribution is 2.25. The van der Waals surface area contributed by atoms with E-state index in [1.54, 1.807) is 12.0 Å². The van der Waals surface area contributed by atoms with Crippen molar-refractivity contribution in [2.24, 2.45) is 0 Å². The average Bonchev–Trinajstić information content (AvgIpc) is 2.44. The van der Waals surface area contributed by atoms with Crippen LogP contribution in [0.2, 0.25) is 0 Å². The third-order valence-electron chi connectivity index (χ3n) is 3.46. The molecular formula is C15H19BrN2O3. The number of nitrogens with one attached hydrogen (secondary N) is 1. The molecule has 0 saturated carbocycles. The summed E-state index contributed by atoms with van der Waals surface area (Å²) in [5, 5.41) is 2.75. The van der Waals surface area contributed by atoms with Gasteiger partial charge in [-0.3, -0.25) is 9.59 Å². The maximum atomic E-state index is 12.4. The second-order valence-electron chi connectivity index (χ2n) is 5.06. The Hall–Kier alpha value is -1.56. The molecule has 0 bridgehead atoms. The third-order valence-corrected chi connectivity index (χ3v) is 3.95.